The van der Waals surface area contributed by atoms with Crippen molar-refractivity contribution in [3.05, 3.63) is 99.5 Å². The number of anilines is 1. The van der Waals surface area contributed by atoms with Gasteiger partial charge in [0.25, 0.3) is 5.91 Å². The van der Waals surface area contributed by atoms with Gasteiger partial charge in [0.15, 0.2) is 11.4 Å². The fourth-order valence-corrected chi connectivity index (χ4v) is 4.05. The van der Waals surface area contributed by atoms with Gasteiger partial charge in [0.1, 0.15) is 0 Å². The molecule has 1 amide bonds. The highest BCUT2D eigenvalue weighted by molar-refractivity contribution is 9.10. The van der Waals surface area contributed by atoms with Gasteiger partial charge in [-0.1, -0.05) is 76.1 Å². The summed E-state index contributed by atoms with van der Waals surface area (Å²) in [6.07, 6.45) is -0.302. The predicted molar refractivity (Wildman–Crippen MR) is 116 cm³/mol. The van der Waals surface area contributed by atoms with E-state index in [1.807, 2.05) is 55.5 Å². The van der Waals surface area contributed by atoms with Crippen LogP contribution in [0.5, 0.6) is 0 Å². The number of aliphatic hydroxyl groups is 1. The van der Waals surface area contributed by atoms with Crippen molar-refractivity contribution in [2.45, 2.75) is 25.5 Å². The van der Waals surface area contributed by atoms with E-state index >= 15 is 0 Å². The Morgan fingerprint density at radius 1 is 1.03 bits per heavy atom. The number of carbonyl (C=O) groups is 2. The normalized spacial score (nSPS) is 18.0. The molecule has 1 aliphatic heterocycles. The Hall–Kier alpha value is -2.76. The number of hydrogen-bond acceptors (Lipinski definition) is 3. The van der Waals surface area contributed by atoms with Gasteiger partial charge in [-0.25, -0.2) is 0 Å². The number of amides is 1. The van der Waals surface area contributed by atoms with E-state index in [1.165, 1.54) is 0 Å². The van der Waals surface area contributed by atoms with Crippen LogP contribution in [-0.2, 0) is 16.9 Å². The molecule has 3 aromatic carbocycles. The van der Waals surface area contributed by atoms with E-state index in [2.05, 4.69) is 15.9 Å². The Labute approximate surface area is 177 Å². The van der Waals surface area contributed by atoms with E-state index < -0.39 is 11.5 Å². The molecule has 4 nitrogen and oxygen atoms in total. The average molecular weight is 450 g/mol. The molecule has 146 valence electrons. The Bertz CT molecular complexity index is 1080. The lowest BCUT2D eigenvalue weighted by molar-refractivity contribution is -0.136. The summed E-state index contributed by atoms with van der Waals surface area (Å²) in [6.45, 7) is 2.27. The highest BCUT2D eigenvalue weighted by Crippen LogP contribution is 2.44. The molecule has 0 saturated carbocycles. The zero-order chi connectivity index (χ0) is 20.6. The number of aryl methyl sites for hydroxylation is 1. The van der Waals surface area contributed by atoms with Crippen LogP contribution in [0.3, 0.4) is 0 Å². The summed E-state index contributed by atoms with van der Waals surface area (Å²) in [5.74, 6) is -0.747. The minimum absolute atomic E-state index is 0.270. The third-order valence-electron chi connectivity index (χ3n) is 5.27. The first-order chi connectivity index (χ1) is 13.9. The highest BCUT2D eigenvalue weighted by atomic mass is 79.9. The van der Waals surface area contributed by atoms with Gasteiger partial charge in [0.2, 0.25) is 0 Å². The Balaban J connectivity index is 1.71. The maximum Gasteiger partial charge on any atom is 0.264 e. The molecule has 5 heteroatoms. The van der Waals surface area contributed by atoms with Crippen molar-refractivity contribution in [2.75, 3.05) is 4.90 Å². The van der Waals surface area contributed by atoms with Gasteiger partial charge in [0, 0.05) is 15.6 Å². The molecule has 1 atom stereocenters. The molecular formula is C24H20BrNO3. The third kappa shape index (κ3) is 3.63. The Morgan fingerprint density at radius 3 is 2.41 bits per heavy atom. The van der Waals surface area contributed by atoms with Gasteiger partial charge < -0.3 is 10.0 Å². The van der Waals surface area contributed by atoms with Gasteiger partial charge in [-0.3, -0.25) is 9.59 Å². The van der Waals surface area contributed by atoms with Crippen molar-refractivity contribution >= 4 is 33.3 Å². The van der Waals surface area contributed by atoms with Gasteiger partial charge in [0.05, 0.1) is 18.7 Å². The molecule has 0 fully saturated rings. The molecule has 1 heterocycles. The second-order valence-corrected chi connectivity index (χ2v) is 8.28. The van der Waals surface area contributed by atoms with Crippen LogP contribution in [0.4, 0.5) is 5.69 Å². The third-order valence-corrected chi connectivity index (χ3v) is 5.76. The van der Waals surface area contributed by atoms with Crippen LogP contribution in [-0.4, -0.2) is 16.8 Å². The largest absolute Gasteiger partial charge is 0.375 e. The second-order valence-electron chi connectivity index (χ2n) is 7.36. The number of halogens is 1. The predicted octanol–water partition coefficient (Wildman–Crippen LogP) is 4.76. The molecular weight excluding hydrogens is 430 g/mol. The molecule has 0 radical (unpaired) electrons. The lowest BCUT2D eigenvalue weighted by Gasteiger charge is -2.23. The first-order valence-corrected chi connectivity index (χ1v) is 10.2. The van der Waals surface area contributed by atoms with Crippen molar-refractivity contribution in [2.24, 2.45) is 0 Å². The van der Waals surface area contributed by atoms with Crippen LogP contribution in [0.25, 0.3) is 0 Å². The molecule has 0 spiro atoms. The maximum absolute atomic E-state index is 13.3. The lowest BCUT2D eigenvalue weighted by Crippen LogP contribution is -2.41. The number of nitrogens with zero attached hydrogens (tertiary/aromatic N) is 1. The molecule has 0 unspecified atom stereocenters. The molecule has 0 bridgehead atoms. The van der Waals surface area contributed by atoms with Crippen molar-refractivity contribution in [3.8, 4) is 0 Å². The van der Waals surface area contributed by atoms with Gasteiger partial charge in [-0.05, 0) is 30.7 Å². The number of carbonyl (C=O) groups excluding carboxylic acids is 2. The number of Topliss-reactive ketones (excluding diaryl/α,β-unsaturated/α-hetero) is 1. The Kier molecular flexibility index (Phi) is 5.11. The first kappa shape index (κ1) is 19.6. The van der Waals surface area contributed by atoms with Gasteiger partial charge in [-0.15, -0.1) is 0 Å². The van der Waals surface area contributed by atoms with Crippen LogP contribution in [0, 0.1) is 6.92 Å². The van der Waals surface area contributed by atoms with E-state index in [-0.39, 0.29) is 12.2 Å². The molecule has 1 aliphatic rings. The number of rotatable bonds is 5. The summed E-state index contributed by atoms with van der Waals surface area (Å²) in [7, 11) is 0. The maximum atomic E-state index is 13.3. The molecule has 0 aromatic heterocycles. The van der Waals surface area contributed by atoms with E-state index in [0.717, 1.165) is 15.6 Å². The topological polar surface area (TPSA) is 57.6 Å². The van der Waals surface area contributed by atoms with E-state index in [4.69, 9.17) is 0 Å². The van der Waals surface area contributed by atoms with Crippen molar-refractivity contribution in [1.29, 1.82) is 0 Å². The average Bonchev–Trinajstić information content (AvgIpc) is 2.91. The summed E-state index contributed by atoms with van der Waals surface area (Å²) in [5.41, 5.74) is 1.66. The van der Waals surface area contributed by atoms with E-state index in [0.29, 0.717) is 23.4 Å². The minimum atomic E-state index is -1.89. The van der Waals surface area contributed by atoms with E-state index in [9.17, 15) is 14.7 Å². The van der Waals surface area contributed by atoms with Crippen LogP contribution >= 0.6 is 15.9 Å². The highest BCUT2D eigenvalue weighted by Gasteiger charge is 2.51. The lowest BCUT2D eigenvalue weighted by atomic mass is 9.88. The van der Waals surface area contributed by atoms with Crippen LogP contribution < -0.4 is 4.90 Å². The second kappa shape index (κ2) is 7.58. The minimum Gasteiger partial charge on any atom is -0.375 e. The number of hydrogen-bond donors (Lipinski definition) is 1. The van der Waals surface area contributed by atoms with E-state index in [1.54, 1.807) is 29.2 Å². The quantitative estimate of drug-likeness (QED) is 0.570. The van der Waals surface area contributed by atoms with Crippen LogP contribution in [0.15, 0.2) is 77.3 Å². The molecule has 29 heavy (non-hydrogen) atoms. The van der Waals surface area contributed by atoms with Gasteiger partial charge >= 0.3 is 0 Å². The SMILES string of the molecule is Cc1ccc(C(=O)C[C@]2(O)C(=O)N(Cc3ccccc3)c3ccc(Br)cc32)cc1. The van der Waals surface area contributed by atoms with Crippen molar-refractivity contribution in [1.82, 2.24) is 0 Å². The van der Waals surface area contributed by atoms with Crippen molar-refractivity contribution < 1.29 is 14.7 Å². The number of benzene rings is 3. The summed E-state index contributed by atoms with van der Waals surface area (Å²) in [4.78, 5) is 27.8. The smallest absolute Gasteiger partial charge is 0.264 e. The fourth-order valence-electron chi connectivity index (χ4n) is 3.69. The monoisotopic (exact) mass is 449 g/mol. The van der Waals surface area contributed by atoms with Crippen LogP contribution in [0.1, 0.15) is 33.5 Å². The molecule has 0 aliphatic carbocycles. The molecule has 4 rings (SSSR count). The zero-order valence-electron chi connectivity index (χ0n) is 15.9. The summed E-state index contributed by atoms with van der Waals surface area (Å²) < 4.78 is 0.742. The fraction of sp³-hybridized carbons (Fsp3) is 0.167. The molecule has 1 N–H and O–H groups in total. The molecule has 0 saturated heterocycles. The van der Waals surface area contributed by atoms with Gasteiger partial charge in [-0.2, -0.15) is 0 Å². The number of fused-ring (bicyclic) bond motifs is 1. The standard InChI is InChI=1S/C24H20BrNO3/c1-16-7-9-18(10-8-16)22(27)14-24(29)20-13-19(25)11-12-21(20)26(23(24)28)15-17-5-3-2-4-6-17/h2-13,29H,14-15H2,1H3/t24-/m1/s1. The molecule has 3 aromatic rings. The first-order valence-electron chi connectivity index (χ1n) is 9.37. The zero-order valence-corrected chi connectivity index (χ0v) is 17.5. The van der Waals surface area contributed by atoms with Crippen molar-refractivity contribution in [3.63, 3.8) is 0 Å². The number of ketones is 1. The summed E-state index contributed by atoms with van der Waals surface area (Å²) in [6, 6.07) is 22.1. The summed E-state index contributed by atoms with van der Waals surface area (Å²) in [5, 5.41) is 11.4. The summed E-state index contributed by atoms with van der Waals surface area (Å²) >= 11 is 3.42. The Morgan fingerprint density at radius 2 is 1.72 bits per heavy atom. The van der Waals surface area contributed by atoms with Crippen LogP contribution in [0.2, 0.25) is 0 Å².